The van der Waals surface area contributed by atoms with Crippen LogP contribution in [0, 0.1) is 5.41 Å². The zero-order chi connectivity index (χ0) is 11.5. The number of hydrogen-bond acceptors (Lipinski definition) is 2. The summed E-state index contributed by atoms with van der Waals surface area (Å²) in [6.07, 6.45) is 4.28. The van der Waals surface area contributed by atoms with E-state index >= 15 is 0 Å². The third-order valence-corrected chi connectivity index (χ3v) is 3.56. The molecule has 88 valence electrons. The molecular weight excluding hydrogens is 190 g/mol. The van der Waals surface area contributed by atoms with Gasteiger partial charge in [-0.15, -0.1) is 0 Å². The Hall–Kier alpha value is -0.570. The van der Waals surface area contributed by atoms with Crippen LogP contribution in [0.2, 0.25) is 0 Å². The predicted octanol–water partition coefficient (Wildman–Crippen LogP) is 1.84. The van der Waals surface area contributed by atoms with Gasteiger partial charge < -0.3 is 10.4 Å². The largest absolute Gasteiger partial charge is 0.392 e. The molecule has 0 saturated heterocycles. The van der Waals surface area contributed by atoms with Crippen LogP contribution in [0.4, 0.5) is 0 Å². The molecule has 1 saturated carbocycles. The maximum atomic E-state index is 11.5. The Kier molecular flexibility index (Phi) is 4.14. The smallest absolute Gasteiger partial charge is 0.220 e. The highest BCUT2D eigenvalue weighted by Crippen LogP contribution is 2.40. The molecule has 2 unspecified atom stereocenters. The van der Waals surface area contributed by atoms with Gasteiger partial charge in [-0.25, -0.2) is 0 Å². The molecule has 0 aromatic rings. The highest BCUT2D eigenvalue weighted by atomic mass is 16.3. The molecular formula is C12H23NO2. The van der Waals surface area contributed by atoms with Gasteiger partial charge in [-0.2, -0.15) is 0 Å². The molecule has 1 aliphatic rings. The molecule has 0 spiro atoms. The highest BCUT2D eigenvalue weighted by Gasteiger charge is 2.47. The molecule has 1 aliphatic carbocycles. The second-order valence-corrected chi connectivity index (χ2v) is 5.15. The molecule has 2 atom stereocenters. The minimum absolute atomic E-state index is 0.133. The van der Waals surface area contributed by atoms with Crippen LogP contribution in [-0.2, 0) is 4.79 Å². The Morgan fingerprint density at radius 2 is 2.13 bits per heavy atom. The average Bonchev–Trinajstić information content (AvgIpc) is 2.18. The van der Waals surface area contributed by atoms with Gasteiger partial charge >= 0.3 is 0 Å². The van der Waals surface area contributed by atoms with E-state index in [2.05, 4.69) is 12.2 Å². The van der Waals surface area contributed by atoms with Crippen LogP contribution in [0.3, 0.4) is 0 Å². The van der Waals surface area contributed by atoms with E-state index in [4.69, 9.17) is 0 Å². The molecule has 15 heavy (non-hydrogen) atoms. The van der Waals surface area contributed by atoms with Gasteiger partial charge in [0.1, 0.15) is 0 Å². The minimum atomic E-state index is -0.265. The van der Waals surface area contributed by atoms with Crippen LogP contribution in [0.1, 0.15) is 52.9 Å². The van der Waals surface area contributed by atoms with E-state index in [-0.39, 0.29) is 23.5 Å². The fourth-order valence-electron chi connectivity index (χ4n) is 1.95. The van der Waals surface area contributed by atoms with Crippen LogP contribution < -0.4 is 5.32 Å². The first-order valence-electron chi connectivity index (χ1n) is 5.96. The van der Waals surface area contributed by atoms with Crippen LogP contribution in [0.5, 0.6) is 0 Å². The molecule has 3 heteroatoms. The van der Waals surface area contributed by atoms with Crippen LogP contribution >= 0.6 is 0 Å². The van der Waals surface area contributed by atoms with E-state index in [0.717, 1.165) is 19.3 Å². The maximum absolute atomic E-state index is 11.5. The number of aliphatic hydroxyl groups excluding tert-OH is 1. The van der Waals surface area contributed by atoms with Crippen LogP contribution in [0.15, 0.2) is 0 Å². The molecule has 0 radical (unpaired) electrons. The second-order valence-electron chi connectivity index (χ2n) is 5.15. The summed E-state index contributed by atoms with van der Waals surface area (Å²) in [5.74, 6) is 0.133. The van der Waals surface area contributed by atoms with Crippen molar-refractivity contribution in [3.63, 3.8) is 0 Å². The van der Waals surface area contributed by atoms with E-state index in [1.54, 1.807) is 0 Å². The van der Waals surface area contributed by atoms with Gasteiger partial charge in [-0.3, -0.25) is 4.79 Å². The van der Waals surface area contributed by atoms with Gasteiger partial charge in [-0.1, -0.05) is 33.6 Å². The zero-order valence-corrected chi connectivity index (χ0v) is 10.0. The summed E-state index contributed by atoms with van der Waals surface area (Å²) in [5, 5.41) is 12.5. The summed E-state index contributed by atoms with van der Waals surface area (Å²) in [6, 6.07) is 0.154. The molecule has 0 aliphatic heterocycles. The summed E-state index contributed by atoms with van der Waals surface area (Å²) in [6.45, 7) is 6.12. The number of hydrogen-bond donors (Lipinski definition) is 2. The van der Waals surface area contributed by atoms with E-state index in [0.29, 0.717) is 12.8 Å². The van der Waals surface area contributed by atoms with Gasteiger partial charge in [0.25, 0.3) is 0 Å². The standard InChI is InChI=1S/C12H23NO2/c1-4-5-6-7-11(15)13-9-8-10(14)12(9,2)3/h9-10,14H,4-8H2,1-3H3,(H,13,15). The summed E-state index contributed by atoms with van der Waals surface area (Å²) in [7, 11) is 0. The Morgan fingerprint density at radius 1 is 1.47 bits per heavy atom. The molecule has 0 bridgehead atoms. The molecule has 2 N–H and O–H groups in total. The molecule has 1 amide bonds. The summed E-state index contributed by atoms with van der Waals surface area (Å²) < 4.78 is 0. The third-order valence-electron chi connectivity index (χ3n) is 3.56. The van der Waals surface area contributed by atoms with Crippen LogP contribution in [0.25, 0.3) is 0 Å². The van der Waals surface area contributed by atoms with Gasteiger partial charge in [0.2, 0.25) is 5.91 Å². The molecule has 1 fully saturated rings. The lowest BCUT2D eigenvalue weighted by Crippen LogP contribution is -2.61. The maximum Gasteiger partial charge on any atom is 0.220 e. The molecule has 0 aromatic carbocycles. The number of aliphatic hydroxyl groups is 1. The lowest BCUT2D eigenvalue weighted by Gasteiger charge is -2.49. The topological polar surface area (TPSA) is 49.3 Å². The molecule has 3 nitrogen and oxygen atoms in total. The summed E-state index contributed by atoms with van der Waals surface area (Å²) in [5.41, 5.74) is -0.152. The van der Waals surface area contributed by atoms with Gasteiger partial charge in [0.05, 0.1) is 6.10 Å². The van der Waals surface area contributed by atoms with E-state index in [1.807, 2.05) is 13.8 Å². The number of carbonyl (C=O) groups is 1. The molecule has 0 heterocycles. The first-order chi connectivity index (χ1) is 6.98. The lowest BCUT2D eigenvalue weighted by molar-refractivity contribution is -0.129. The second kappa shape index (κ2) is 4.97. The average molecular weight is 213 g/mol. The SMILES string of the molecule is CCCCCC(=O)NC1CC(O)C1(C)C. The zero-order valence-electron chi connectivity index (χ0n) is 10.0. The third kappa shape index (κ3) is 2.94. The van der Waals surface area contributed by atoms with Gasteiger partial charge in [-0.05, 0) is 12.8 Å². The monoisotopic (exact) mass is 213 g/mol. The summed E-state index contributed by atoms with van der Waals surface area (Å²) in [4.78, 5) is 11.5. The first-order valence-corrected chi connectivity index (χ1v) is 5.96. The quantitative estimate of drug-likeness (QED) is 0.685. The van der Waals surface area contributed by atoms with E-state index in [9.17, 15) is 9.90 Å². The van der Waals surface area contributed by atoms with Crippen molar-refractivity contribution in [3.8, 4) is 0 Å². The number of rotatable bonds is 5. The van der Waals surface area contributed by atoms with Crippen molar-refractivity contribution in [3.05, 3.63) is 0 Å². The van der Waals surface area contributed by atoms with E-state index in [1.165, 1.54) is 0 Å². The lowest BCUT2D eigenvalue weighted by atomic mass is 9.64. The first kappa shape index (κ1) is 12.5. The van der Waals surface area contributed by atoms with Crippen molar-refractivity contribution in [2.45, 2.75) is 65.0 Å². The van der Waals surface area contributed by atoms with Gasteiger partial charge in [0, 0.05) is 17.9 Å². The van der Waals surface area contributed by atoms with Crippen molar-refractivity contribution in [1.82, 2.24) is 5.32 Å². The molecule has 0 aromatic heterocycles. The van der Waals surface area contributed by atoms with Crippen molar-refractivity contribution in [2.75, 3.05) is 0 Å². The highest BCUT2D eigenvalue weighted by molar-refractivity contribution is 5.76. The van der Waals surface area contributed by atoms with Crippen LogP contribution in [-0.4, -0.2) is 23.2 Å². The van der Waals surface area contributed by atoms with Gasteiger partial charge in [0.15, 0.2) is 0 Å². The molecule has 1 rings (SSSR count). The Bertz CT molecular complexity index is 226. The Morgan fingerprint density at radius 3 is 2.60 bits per heavy atom. The number of nitrogens with one attached hydrogen (secondary N) is 1. The Labute approximate surface area is 92.3 Å². The van der Waals surface area contributed by atoms with Crippen molar-refractivity contribution in [2.24, 2.45) is 5.41 Å². The predicted molar refractivity (Wildman–Crippen MR) is 60.5 cm³/mol. The number of amides is 1. The Balaban J connectivity index is 2.22. The number of unbranched alkanes of at least 4 members (excludes halogenated alkanes) is 2. The fraction of sp³-hybridized carbons (Fsp3) is 0.917. The minimum Gasteiger partial charge on any atom is -0.392 e. The number of carbonyl (C=O) groups excluding carboxylic acids is 1. The fourth-order valence-corrected chi connectivity index (χ4v) is 1.95. The normalized spacial score (nSPS) is 28.3. The van der Waals surface area contributed by atoms with Crippen molar-refractivity contribution < 1.29 is 9.90 Å². The van der Waals surface area contributed by atoms with Crippen molar-refractivity contribution >= 4 is 5.91 Å². The summed E-state index contributed by atoms with van der Waals surface area (Å²) >= 11 is 0. The van der Waals surface area contributed by atoms with E-state index < -0.39 is 0 Å². The van der Waals surface area contributed by atoms with Crippen molar-refractivity contribution in [1.29, 1.82) is 0 Å².